The van der Waals surface area contributed by atoms with E-state index < -0.39 is 11.6 Å². The zero-order chi connectivity index (χ0) is 20.1. The van der Waals surface area contributed by atoms with Crippen molar-refractivity contribution in [1.82, 2.24) is 10.3 Å². The zero-order valence-electron chi connectivity index (χ0n) is 15.9. The number of carbonyl (C=O) groups excluding carboxylic acids is 1. The smallest absolute Gasteiger partial charge is 0.254 e. The molecule has 0 spiro atoms. The molecule has 0 unspecified atom stereocenters. The number of methoxy groups -OCH3 is 1. The van der Waals surface area contributed by atoms with Gasteiger partial charge in [-0.05, 0) is 19.1 Å². The number of carbonyl (C=O) groups is 1. The predicted octanol–water partition coefficient (Wildman–Crippen LogP) is 3.17. The molecule has 1 fully saturated rings. The molecule has 150 valence electrons. The van der Waals surface area contributed by atoms with Crippen molar-refractivity contribution in [2.45, 2.75) is 25.9 Å². The summed E-state index contributed by atoms with van der Waals surface area (Å²) in [5.41, 5.74) is 1.22. The van der Waals surface area contributed by atoms with Crippen LogP contribution in [-0.2, 0) is 0 Å². The normalized spacial score (nSPS) is 14.6. The highest BCUT2D eigenvalue weighted by Crippen LogP contribution is 2.29. The van der Waals surface area contributed by atoms with E-state index >= 15 is 0 Å². The molecule has 1 N–H and O–H groups in total. The summed E-state index contributed by atoms with van der Waals surface area (Å²) in [6.07, 6.45) is 2.59. The lowest BCUT2D eigenvalue weighted by Gasteiger charge is -2.34. The first kappa shape index (κ1) is 19.9. The maximum Gasteiger partial charge on any atom is 0.254 e. The van der Waals surface area contributed by atoms with E-state index in [0.717, 1.165) is 11.8 Å². The number of piperidine rings is 1. The average Bonchev–Trinajstić information content (AvgIpc) is 2.70. The van der Waals surface area contributed by atoms with Gasteiger partial charge in [0.2, 0.25) is 5.88 Å². The fourth-order valence-electron chi connectivity index (χ4n) is 3.20. The lowest BCUT2D eigenvalue weighted by Crippen LogP contribution is -2.39. The Morgan fingerprint density at radius 1 is 1.29 bits per heavy atom. The Labute approximate surface area is 162 Å². The molecule has 1 aromatic heterocycles. The van der Waals surface area contributed by atoms with Gasteiger partial charge in [0, 0.05) is 50.8 Å². The highest BCUT2D eigenvalue weighted by molar-refractivity contribution is 5.99. The first-order valence-electron chi connectivity index (χ1n) is 9.20. The second-order valence-corrected chi connectivity index (χ2v) is 6.48. The molecule has 0 bridgehead atoms. The van der Waals surface area contributed by atoms with E-state index in [0.29, 0.717) is 43.9 Å². The molecule has 2 aromatic rings. The van der Waals surface area contributed by atoms with E-state index in [1.54, 1.807) is 6.07 Å². The Bertz CT molecular complexity index is 839. The van der Waals surface area contributed by atoms with Gasteiger partial charge in [0.1, 0.15) is 11.9 Å². The van der Waals surface area contributed by atoms with Crippen LogP contribution in [0.25, 0.3) is 0 Å². The van der Waals surface area contributed by atoms with E-state index in [4.69, 9.17) is 9.47 Å². The van der Waals surface area contributed by atoms with Crippen LogP contribution < -0.4 is 19.7 Å². The van der Waals surface area contributed by atoms with Crippen molar-refractivity contribution >= 4 is 11.6 Å². The van der Waals surface area contributed by atoms with Crippen LogP contribution in [0.5, 0.6) is 11.6 Å². The van der Waals surface area contributed by atoms with Gasteiger partial charge in [0.25, 0.3) is 5.91 Å². The molecule has 0 radical (unpaired) electrons. The Balaban J connectivity index is 1.71. The number of pyridine rings is 1. The van der Waals surface area contributed by atoms with Gasteiger partial charge in [0.05, 0.1) is 18.4 Å². The summed E-state index contributed by atoms with van der Waals surface area (Å²) in [7, 11) is 1.52. The summed E-state index contributed by atoms with van der Waals surface area (Å²) in [4.78, 5) is 18.6. The highest BCUT2D eigenvalue weighted by atomic mass is 19.1. The number of benzene rings is 1. The molecule has 1 amide bonds. The molecular formula is C20H23F2N3O3. The maximum absolute atomic E-state index is 13.8. The number of anilines is 1. The minimum absolute atomic E-state index is 0.0495. The Morgan fingerprint density at radius 2 is 2.04 bits per heavy atom. The Kier molecular flexibility index (Phi) is 6.28. The summed E-state index contributed by atoms with van der Waals surface area (Å²) in [6, 6.07) is 5.03. The lowest BCUT2D eigenvalue weighted by molar-refractivity contribution is 0.0955. The van der Waals surface area contributed by atoms with Crippen LogP contribution >= 0.6 is 0 Å². The third-order valence-electron chi connectivity index (χ3n) is 4.62. The van der Waals surface area contributed by atoms with E-state index in [1.165, 1.54) is 25.4 Å². The third-order valence-corrected chi connectivity index (χ3v) is 4.62. The van der Waals surface area contributed by atoms with Crippen molar-refractivity contribution < 1.29 is 23.0 Å². The van der Waals surface area contributed by atoms with Crippen LogP contribution in [-0.4, -0.2) is 43.7 Å². The van der Waals surface area contributed by atoms with Crippen molar-refractivity contribution in [2.24, 2.45) is 0 Å². The molecule has 6 nitrogen and oxygen atoms in total. The molecule has 0 aliphatic carbocycles. The van der Waals surface area contributed by atoms with Crippen LogP contribution in [0.2, 0.25) is 0 Å². The monoisotopic (exact) mass is 391 g/mol. The molecule has 0 saturated carbocycles. The molecule has 1 aliphatic heterocycles. The minimum Gasteiger partial charge on any atom is -0.487 e. The summed E-state index contributed by atoms with van der Waals surface area (Å²) in [5, 5.41) is 2.79. The molecule has 1 aliphatic rings. The molecule has 0 atom stereocenters. The number of ether oxygens (including phenoxy) is 2. The predicted molar refractivity (Wildman–Crippen MR) is 101 cm³/mol. The number of aromatic nitrogens is 1. The first-order chi connectivity index (χ1) is 13.5. The highest BCUT2D eigenvalue weighted by Gasteiger charge is 2.25. The van der Waals surface area contributed by atoms with Crippen LogP contribution in [0.4, 0.5) is 14.5 Å². The van der Waals surface area contributed by atoms with Crippen LogP contribution in [0.3, 0.4) is 0 Å². The van der Waals surface area contributed by atoms with E-state index in [2.05, 4.69) is 15.2 Å². The molecule has 8 heteroatoms. The Hall–Kier alpha value is -2.90. The van der Waals surface area contributed by atoms with Gasteiger partial charge in [-0.25, -0.2) is 13.8 Å². The van der Waals surface area contributed by atoms with Crippen molar-refractivity contribution in [3.8, 4) is 11.6 Å². The minimum atomic E-state index is -0.708. The van der Waals surface area contributed by atoms with Gasteiger partial charge < -0.3 is 19.7 Å². The standard InChI is InChI=1S/C20H23F2N3O3/c1-3-23-20(26)15-12-24-19(27-2)11-17(15)25-8-6-14(7-9-25)28-18-5-4-13(21)10-16(18)22/h4-5,10-12,14H,3,6-9H2,1-2H3,(H,23,26). The largest absolute Gasteiger partial charge is 0.487 e. The van der Waals surface area contributed by atoms with Crippen molar-refractivity contribution in [3.05, 3.63) is 47.7 Å². The fraction of sp³-hybridized carbons (Fsp3) is 0.400. The average molecular weight is 391 g/mol. The fourth-order valence-corrected chi connectivity index (χ4v) is 3.20. The quantitative estimate of drug-likeness (QED) is 0.820. The molecule has 1 saturated heterocycles. The van der Waals surface area contributed by atoms with E-state index in [-0.39, 0.29) is 17.8 Å². The second-order valence-electron chi connectivity index (χ2n) is 6.48. The topological polar surface area (TPSA) is 63.7 Å². The van der Waals surface area contributed by atoms with Crippen LogP contribution in [0.1, 0.15) is 30.1 Å². The number of rotatable bonds is 6. The van der Waals surface area contributed by atoms with Gasteiger partial charge in [0.15, 0.2) is 11.6 Å². The number of nitrogens with zero attached hydrogens (tertiary/aromatic N) is 2. The van der Waals surface area contributed by atoms with Gasteiger partial charge in [-0.3, -0.25) is 4.79 Å². The van der Waals surface area contributed by atoms with E-state index in [1.807, 2.05) is 6.92 Å². The SMILES string of the molecule is CCNC(=O)c1cnc(OC)cc1N1CCC(Oc2ccc(F)cc2F)CC1. The summed E-state index contributed by atoms with van der Waals surface area (Å²) in [5.74, 6) is -1.06. The Morgan fingerprint density at radius 3 is 2.68 bits per heavy atom. The van der Waals surface area contributed by atoms with Gasteiger partial charge in [-0.15, -0.1) is 0 Å². The molecule has 3 rings (SSSR count). The maximum atomic E-state index is 13.8. The second kappa shape index (κ2) is 8.86. The van der Waals surface area contributed by atoms with Gasteiger partial charge >= 0.3 is 0 Å². The number of amides is 1. The lowest BCUT2D eigenvalue weighted by atomic mass is 10.1. The number of hydrogen-bond acceptors (Lipinski definition) is 5. The van der Waals surface area contributed by atoms with Gasteiger partial charge in [-0.2, -0.15) is 0 Å². The first-order valence-corrected chi connectivity index (χ1v) is 9.20. The number of halogens is 2. The van der Waals surface area contributed by atoms with E-state index in [9.17, 15) is 13.6 Å². The molecule has 2 heterocycles. The summed E-state index contributed by atoms with van der Waals surface area (Å²) < 4.78 is 37.7. The zero-order valence-corrected chi connectivity index (χ0v) is 15.9. The van der Waals surface area contributed by atoms with Crippen molar-refractivity contribution in [2.75, 3.05) is 31.6 Å². The number of nitrogens with one attached hydrogen (secondary N) is 1. The van der Waals surface area contributed by atoms with Crippen molar-refractivity contribution in [1.29, 1.82) is 0 Å². The summed E-state index contributed by atoms with van der Waals surface area (Å²) >= 11 is 0. The van der Waals surface area contributed by atoms with Crippen molar-refractivity contribution in [3.63, 3.8) is 0 Å². The number of hydrogen-bond donors (Lipinski definition) is 1. The molecule has 1 aromatic carbocycles. The molecular weight excluding hydrogens is 368 g/mol. The summed E-state index contributed by atoms with van der Waals surface area (Å²) in [6.45, 7) is 3.61. The van der Waals surface area contributed by atoms with Gasteiger partial charge in [-0.1, -0.05) is 0 Å². The third kappa shape index (κ3) is 4.49. The van der Waals surface area contributed by atoms with Crippen LogP contribution in [0.15, 0.2) is 30.5 Å². The van der Waals surface area contributed by atoms with Crippen LogP contribution in [0, 0.1) is 11.6 Å². The molecule has 28 heavy (non-hydrogen) atoms.